The zero-order chi connectivity index (χ0) is 17.1. The van der Waals surface area contributed by atoms with Crippen molar-refractivity contribution in [3.05, 3.63) is 102 Å². The SMILES string of the molecule is Br[Si]CC=C(c1cccc2ccccc12)c1cccc2ccccc12. The molecule has 120 valence electrons. The third kappa shape index (κ3) is 3.20. The van der Waals surface area contributed by atoms with E-state index in [2.05, 4.69) is 106 Å². The molecular formula is C23H17BrSi. The zero-order valence-corrected chi connectivity index (χ0v) is 16.3. The lowest BCUT2D eigenvalue weighted by Crippen LogP contribution is -1.92. The van der Waals surface area contributed by atoms with Crippen LogP contribution in [0.1, 0.15) is 11.1 Å². The number of hydrogen-bond donors (Lipinski definition) is 0. The molecule has 0 aromatic heterocycles. The quantitative estimate of drug-likeness (QED) is 0.259. The molecule has 4 aromatic carbocycles. The van der Waals surface area contributed by atoms with E-state index in [1.807, 2.05) is 0 Å². The van der Waals surface area contributed by atoms with Crippen molar-refractivity contribution in [3.8, 4) is 0 Å². The van der Waals surface area contributed by atoms with E-state index in [4.69, 9.17) is 0 Å². The Kier molecular flexibility index (Phi) is 4.82. The van der Waals surface area contributed by atoms with Gasteiger partial charge in [0.2, 0.25) is 0 Å². The lowest BCUT2D eigenvalue weighted by Gasteiger charge is -2.14. The largest absolute Gasteiger partial charge is 0.141 e. The minimum atomic E-state index is 0.730. The Labute approximate surface area is 158 Å². The van der Waals surface area contributed by atoms with Crippen molar-refractivity contribution < 1.29 is 0 Å². The van der Waals surface area contributed by atoms with E-state index in [0.29, 0.717) is 0 Å². The summed E-state index contributed by atoms with van der Waals surface area (Å²) in [7, 11) is 0.730. The zero-order valence-electron chi connectivity index (χ0n) is 13.7. The topological polar surface area (TPSA) is 0 Å². The van der Waals surface area contributed by atoms with Gasteiger partial charge in [0.25, 0.3) is 0 Å². The molecule has 0 nitrogen and oxygen atoms in total. The molecule has 0 atom stereocenters. The van der Waals surface area contributed by atoms with Crippen LogP contribution in [-0.2, 0) is 0 Å². The van der Waals surface area contributed by atoms with E-state index >= 15 is 0 Å². The third-order valence-electron chi connectivity index (χ3n) is 4.54. The van der Waals surface area contributed by atoms with Crippen LogP contribution in [0.3, 0.4) is 0 Å². The van der Waals surface area contributed by atoms with Crippen LogP contribution in [0.15, 0.2) is 91.0 Å². The number of allylic oxidation sites excluding steroid dienone is 1. The summed E-state index contributed by atoms with van der Waals surface area (Å²) in [6.45, 7) is 0. The van der Waals surface area contributed by atoms with Gasteiger partial charge in [-0.3, -0.25) is 0 Å². The van der Waals surface area contributed by atoms with Crippen LogP contribution in [0, 0.1) is 0 Å². The molecule has 0 heterocycles. The predicted octanol–water partition coefficient (Wildman–Crippen LogP) is 6.86. The highest BCUT2D eigenvalue weighted by Gasteiger charge is 2.11. The summed E-state index contributed by atoms with van der Waals surface area (Å²) in [5.41, 5.74) is 3.93. The molecule has 0 aliphatic carbocycles. The molecule has 0 aliphatic heterocycles. The van der Waals surface area contributed by atoms with E-state index in [1.54, 1.807) is 0 Å². The normalized spacial score (nSPS) is 10.9. The van der Waals surface area contributed by atoms with Crippen molar-refractivity contribution in [2.75, 3.05) is 0 Å². The highest BCUT2D eigenvalue weighted by Crippen LogP contribution is 2.34. The van der Waals surface area contributed by atoms with E-state index < -0.39 is 0 Å². The van der Waals surface area contributed by atoms with E-state index in [0.717, 1.165) is 14.2 Å². The lowest BCUT2D eigenvalue weighted by atomic mass is 9.90. The van der Waals surface area contributed by atoms with Gasteiger partial charge in [0.05, 0.1) is 0 Å². The van der Waals surface area contributed by atoms with Crippen LogP contribution in [0.5, 0.6) is 0 Å². The first-order chi connectivity index (χ1) is 12.4. The van der Waals surface area contributed by atoms with Crippen LogP contribution < -0.4 is 0 Å². The smallest absolute Gasteiger partial charge is 0.131 e. The number of rotatable bonds is 4. The molecule has 2 radical (unpaired) electrons. The van der Waals surface area contributed by atoms with E-state index in [1.165, 1.54) is 38.2 Å². The van der Waals surface area contributed by atoms with Crippen molar-refractivity contribution >= 4 is 50.5 Å². The second kappa shape index (κ2) is 7.38. The van der Waals surface area contributed by atoms with Gasteiger partial charge in [-0.2, -0.15) is 0 Å². The first-order valence-corrected chi connectivity index (χ1v) is 11.8. The van der Waals surface area contributed by atoms with Crippen molar-refractivity contribution in [2.45, 2.75) is 6.04 Å². The molecule has 25 heavy (non-hydrogen) atoms. The maximum absolute atomic E-state index is 3.61. The van der Waals surface area contributed by atoms with Crippen LogP contribution in [0.25, 0.3) is 27.1 Å². The van der Waals surface area contributed by atoms with Crippen LogP contribution in [-0.4, -0.2) is 8.14 Å². The van der Waals surface area contributed by atoms with Crippen LogP contribution >= 0.6 is 15.3 Å². The Morgan fingerprint density at radius 3 is 1.68 bits per heavy atom. The fourth-order valence-corrected chi connectivity index (χ4v) is 4.19. The van der Waals surface area contributed by atoms with Gasteiger partial charge >= 0.3 is 0 Å². The fraction of sp³-hybridized carbons (Fsp3) is 0.0435. The maximum atomic E-state index is 3.61. The molecule has 0 saturated carbocycles. The molecule has 4 rings (SSSR count). The maximum Gasteiger partial charge on any atom is 0.141 e. The second-order valence-electron chi connectivity index (χ2n) is 6.01. The van der Waals surface area contributed by atoms with Gasteiger partial charge < -0.3 is 0 Å². The first kappa shape index (κ1) is 16.3. The van der Waals surface area contributed by atoms with Crippen LogP contribution in [0.4, 0.5) is 0 Å². The van der Waals surface area contributed by atoms with Crippen molar-refractivity contribution in [3.63, 3.8) is 0 Å². The Balaban J connectivity index is 2.01. The molecule has 4 aromatic rings. The van der Waals surface area contributed by atoms with Crippen molar-refractivity contribution in [1.82, 2.24) is 0 Å². The number of hydrogen-bond acceptors (Lipinski definition) is 0. The molecule has 0 saturated heterocycles. The summed E-state index contributed by atoms with van der Waals surface area (Å²) in [5.74, 6) is 0. The Morgan fingerprint density at radius 2 is 1.16 bits per heavy atom. The Morgan fingerprint density at radius 1 is 0.680 bits per heavy atom. The van der Waals surface area contributed by atoms with Gasteiger partial charge in [-0.15, -0.1) is 15.3 Å². The summed E-state index contributed by atoms with van der Waals surface area (Å²) in [6, 6.07) is 31.5. The van der Waals surface area contributed by atoms with Gasteiger partial charge in [-0.25, -0.2) is 0 Å². The summed E-state index contributed by atoms with van der Waals surface area (Å²) in [4.78, 5) is 0. The molecule has 2 heteroatoms. The van der Waals surface area contributed by atoms with Gasteiger partial charge in [0.1, 0.15) is 8.14 Å². The Bertz CT molecular complexity index is 974. The van der Waals surface area contributed by atoms with Gasteiger partial charge in [0, 0.05) is 0 Å². The molecule has 0 spiro atoms. The minimum Gasteiger partial charge on any atom is -0.131 e. The van der Waals surface area contributed by atoms with Gasteiger partial charge in [-0.05, 0) is 44.3 Å². The number of benzene rings is 4. The minimum absolute atomic E-state index is 0.730. The highest BCUT2D eigenvalue weighted by molar-refractivity contribution is 9.23. The summed E-state index contributed by atoms with van der Waals surface area (Å²) in [6.07, 6.45) is 2.37. The number of fused-ring (bicyclic) bond motifs is 2. The molecular weight excluding hydrogens is 384 g/mol. The van der Waals surface area contributed by atoms with Crippen LogP contribution in [0.2, 0.25) is 6.04 Å². The molecule has 0 N–H and O–H groups in total. The third-order valence-corrected chi connectivity index (χ3v) is 5.87. The monoisotopic (exact) mass is 400 g/mol. The highest BCUT2D eigenvalue weighted by atomic mass is 79.9. The van der Waals surface area contributed by atoms with Gasteiger partial charge in [-0.1, -0.05) is 91.0 Å². The summed E-state index contributed by atoms with van der Waals surface area (Å²) in [5, 5.41) is 5.18. The van der Waals surface area contributed by atoms with Crippen molar-refractivity contribution in [2.24, 2.45) is 0 Å². The average molecular weight is 401 g/mol. The number of halogens is 1. The molecule has 0 aliphatic rings. The standard InChI is InChI=1S/C23H17BrSi/c24-25-16-15-23(21-13-5-9-17-7-1-3-11-19(17)21)22-14-6-10-18-8-2-4-12-20(18)22/h1-15H,16H2. The molecule has 0 bridgehead atoms. The van der Waals surface area contributed by atoms with Gasteiger partial charge in [0.15, 0.2) is 0 Å². The van der Waals surface area contributed by atoms with Crippen molar-refractivity contribution in [1.29, 1.82) is 0 Å². The summed E-state index contributed by atoms with van der Waals surface area (Å²) >= 11 is 3.61. The lowest BCUT2D eigenvalue weighted by molar-refractivity contribution is 1.58. The fourth-order valence-electron chi connectivity index (χ4n) is 3.43. The summed E-state index contributed by atoms with van der Waals surface area (Å²) < 4.78 is 0. The molecule has 0 fully saturated rings. The predicted molar refractivity (Wildman–Crippen MR) is 114 cm³/mol. The molecule has 0 amide bonds. The van der Waals surface area contributed by atoms with E-state index in [9.17, 15) is 0 Å². The Hall–Kier alpha value is -2.16. The second-order valence-corrected chi connectivity index (χ2v) is 8.37. The molecule has 0 unspecified atom stereocenters. The van der Waals surface area contributed by atoms with E-state index in [-0.39, 0.29) is 0 Å². The average Bonchev–Trinajstić information content (AvgIpc) is 2.68. The first-order valence-electron chi connectivity index (χ1n) is 8.38.